The lowest BCUT2D eigenvalue weighted by molar-refractivity contribution is 0.0729. The number of rotatable bonds is 5. The molecule has 1 aliphatic rings. The Morgan fingerprint density at radius 1 is 1.03 bits per heavy atom. The van der Waals surface area contributed by atoms with Crippen molar-refractivity contribution in [1.29, 1.82) is 0 Å². The Kier molecular flexibility index (Phi) is 5.75. The van der Waals surface area contributed by atoms with Gasteiger partial charge in [0, 0.05) is 46.8 Å². The predicted molar refractivity (Wildman–Crippen MR) is 116 cm³/mol. The molecule has 4 rings (SSSR count). The molecule has 5 nitrogen and oxygen atoms in total. The Bertz CT molecular complexity index is 1090. The number of hydrogen-bond donors (Lipinski definition) is 0. The molecule has 0 aliphatic carbocycles. The highest BCUT2D eigenvalue weighted by Gasteiger charge is 2.25. The first-order valence-corrected chi connectivity index (χ1v) is 10.2. The van der Waals surface area contributed by atoms with E-state index in [-0.39, 0.29) is 11.7 Å². The molecule has 1 aromatic heterocycles. The summed E-state index contributed by atoms with van der Waals surface area (Å²) in [5.74, 6) is 1.73. The van der Waals surface area contributed by atoms with Gasteiger partial charge in [-0.2, -0.15) is 0 Å². The number of fused-ring (bicyclic) bond motifs is 1. The minimum atomic E-state index is -0.120. The van der Waals surface area contributed by atoms with E-state index < -0.39 is 0 Å². The van der Waals surface area contributed by atoms with Gasteiger partial charge < -0.3 is 14.2 Å². The summed E-state index contributed by atoms with van der Waals surface area (Å²) < 4.78 is 5.92. The van der Waals surface area contributed by atoms with E-state index >= 15 is 0 Å². The van der Waals surface area contributed by atoms with Crippen LogP contribution in [0.4, 0.5) is 0 Å². The number of nitrogens with zero attached hydrogens (tertiary/aromatic N) is 2. The predicted octanol–water partition coefficient (Wildman–Crippen LogP) is 4.42. The lowest BCUT2D eigenvalue weighted by Crippen LogP contribution is -2.35. The summed E-state index contributed by atoms with van der Waals surface area (Å²) in [7, 11) is 4.00. The molecule has 2 heterocycles. The topological polar surface area (TPSA) is 53.8 Å². The van der Waals surface area contributed by atoms with Gasteiger partial charge in [0.25, 0.3) is 5.91 Å². The lowest BCUT2D eigenvalue weighted by atomic mass is 10.0. The SMILES string of the molecule is CN(C)Cc1cc2c(o1)CCN(C(=O)c1ccc(C(=O)c3cccc(Cl)c3)cc1)C2. The Balaban J connectivity index is 1.46. The molecule has 0 saturated carbocycles. The first-order valence-electron chi connectivity index (χ1n) is 9.85. The van der Waals surface area contributed by atoms with Crippen molar-refractivity contribution in [3.8, 4) is 0 Å². The lowest BCUT2D eigenvalue weighted by Gasteiger charge is -2.26. The highest BCUT2D eigenvalue weighted by atomic mass is 35.5. The van der Waals surface area contributed by atoms with Crippen molar-refractivity contribution < 1.29 is 14.0 Å². The molecule has 0 saturated heterocycles. The number of furan rings is 1. The number of ketones is 1. The van der Waals surface area contributed by atoms with E-state index in [9.17, 15) is 9.59 Å². The molecule has 154 valence electrons. The van der Waals surface area contributed by atoms with E-state index in [1.54, 1.807) is 48.5 Å². The molecule has 30 heavy (non-hydrogen) atoms. The molecule has 0 unspecified atom stereocenters. The second-order valence-electron chi connectivity index (χ2n) is 7.79. The molecular weight excluding hydrogens is 400 g/mol. The van der Waals surface area contributed by atoms with Crippen LogP contribution in [0, 0.1) is 0 Å². The van der Waals surface area contributed by atoms with Gasteiger partial charge in [-0.1, -0.05) is 35.9 Å². The number of benzene rings is 2. The Labute approximate surface area is 180 Å². The van der Waals surface area contributed by atoms with Crippen LogP contribution in [0.25, 0.3) is 0 Å². The summed E-state index contributed by atoms with van der Waals surface area (Å²) in [5, 5.41) is 0.519. The summed E-state index contributed by atoms with van der Waals surface area (Å²) in [5.41, 5.74) is 2.69. The molecule has 0 radical (unpaired) electrons. The van der Waals surface area contributed by atoms with E-state index in [4.69, 9.17) is 16.0 Å². The molecular formula is C24H23ClN2O3. The molecule has 3 aromatic rings. The van der Waals surface area contributed by atoms with Gasteiger partial charge in [-0.05, 0) is 44.4 Å². The van der Waals surface area contributed by atoms with Crippen LogP contribution in [-0.2, 0) is 19.5 Å². The van der Waals surface area contributed by atoms with Crippen molar-refractivity contribution >= 4 is 23.3 Å². The molecule has 0 N–H and O–H groups in total. The normalized spacial score (nSPS) is 13.4. The molecule has 0 atom stereocenters. The van der Waals surface area contributed by atoms with Gasteiger partial charge in [-0.3, -0.25) is 9.59 Å². The highest BCUT2D eigenvalue weighted by molar-refractivity contribution is 6.31. The van der Waals surface area contributed by atoms with E-state index in [0.29, 0.717) is 41.2 Å². The van der Waals surface area contributed by atoms with Crippen molar-refractivity contribution in [3.05, 3.63) is 93.4 Å². The summed E-state index contributed by atoms with van der Waals surface area (Å²) in [6, 6.07) is 15.7. The van der Waals surface area contributed by atoms with Crippen molar-refractivity contribution in [2.45, 2.75) is 19.5 Å². The van der Waals surface area contributed by atoms with Crippen LogP contribution in [0.5, 0.6) is 0 Å². The fourth-order valence-corrected chi connectivity index (χ4v) is 3.89. The maximum absolute atomic E-state index is 13.0. The first kappa shape index (κ1) is 20.4. The molecule has 2 aromatic carbocycles. The van der Waals surface area contributed by atoms with Gasteiger partial charge in [-0.15, -0.1) is 0 Å². The Morgan fingerprint density at radius 2 is 1.77 bits per heavy atom. The fraction of sp³-hybridized carbons (Fsp3) is 0.250. The number of carbonyl (C=O) groups excluding carboxylic acids is 2. The minimum Gasteiger partial charge on any atom is -0.464 e. The van der Waals surface area contributed by atoms with E-state index in [1.165, 1.54) is 0 Å². The van der Waals surface area contributed by atoms with Crippen LogP contribution >= 0.6 is 11.6 Å². The Morgan fingerprint density at radius 3 is 2.47 bits per heavy atom. The molecule has 0 fully saturated rings. The molecule has 0 spiro atoms. The third kappa shape index (κ3) is 4.32. The van der Waals surface area contributed by atoms with Gasteiger partial charge in [0.15, 0.2) is 5.78 Å². The zero-order valence-electron chi connectivity index (χ0n) is 17.0. The molecule has 0 bridgehead atoms. The summed E-state index contributed by atoms with van der Waals surface area (Å²) >= 11 is 5.98. The smallest absolute Gasteiger partial charge is 0.254 e. The second kappa shape index (κ2) is 8.46. The van der Waals surface area contributed by atoms with Crippen molar-refractivity contribution in [3.63, 3.8) is 0 Å². The average Bonchev–Trinajstić information content (AvgIpc) is 3.13. The van der Waals surface area contributed by atoms with Crippen LogP contribution in [0.3, 0.4) is 0 Å². The molecule has 6 heteroatoms. The van der Waals surface area contributed by atoms with Crippen LogP contribution in [-0.4, -0.2) is 42.1 Å². The Hall–Kier alpha value is -2.89. The van der Waals surface area contributed by atoms with E-state index in [0.717, 1.165) is 23.6 Å². The summed E-state index contributed by atoms with van der Waals surface area (Å²) in [6.45, 7) is 1.89. The van der Waals surface area contributed by atoms with Gasteiger partial charge in [-0.25, -0.2) is 0 Å². The van der Waals surface area contributed by atoms with Gasteiger partial charge in [0.05, 0.1) is 6.54 Å². The quantitative estimate of drug-likeness (QED) is 0.571. The zero-order valence-corrected chi connectivity index (χ0v) is 17.8. The fourth-order valence-electron chi connectivity index (χ4n) is 3.70. The third-order valence-corrected chi connectivity index (χ3v) is 5.39. The number of amides is 1. The van der Waals surface area contributed by atoms with Crippen LogP contribution < -0.4 is 0 Å². The standard InChI is InChI=1S/C24H23ClN2O3/c1-26(2)15-21-13-19-14-27(11-10-22(19)30-21)24(29)17-8-6-16(7-9-17)23(28)18-4-3-5-20(25)12-18/h3-9,12-13H,10-11,14-15H2,1-2H3. The monoisotopic (exact) mass is 422 g/mol. The maximum Gasteiger partial charge on any atom is 0.254 e. The van der Waals surface area contributed by atoms with Crippen molar-refractivity contribution in [2.24, 2.45) is 0 Å². The van der Waals surface area contributed by atoms with E-state index in [1.807, 2.05) is 25.1 Å². The van der Waals surface area contributed by atoms with Crippen molar-refractivity contribution in [1.82, 2.24) is 9.80 Å². The van der Waals surface area contributed by atoms with Gasteiger partial charge >= 0.3 is 0 Å². The largest absolute Gasteiger partial charge is 0.464 e. The van der Waals surface area contributed by atoms with Crippen LogP contribution in [0.15, 0.2) is 59.0 Å². The van der Waals surface area contributed by atoms with Crippen molar-refractivity contribution in [2.75, 3.05) is 20.6 Å². The second-order valence-corrected chi connectivity index (χ2v) is 8.23. The highest BCUT2D eigenvalue weighted by Crippen LogP contribution is 2.25. The summed E-state index contributed by atoms with van der Waals surface area (Å²) in [4.78, 5) is 29.5. The number of hydrogen-bond acceptors (Lipinski definition) is 4. The number of halogens is 1. The molecule has 1 aliphatic heterocycles. The third-order valence-electron chi connectivity index (χ3n) is 5.16. The minimum absolute atomic E-state index is 0.0437. The summed E-state index contributed by atoms with van der Waals surface area (Å²) in [6.07, 6.45) is 0.708. The first-order chi connectivity index (χ1) is 14.4. The van der Waals surface area contributed by atoms with E-state index in [2.05, 4.69) is 4.90 Å². The van der Waals surface area contributed by atoms with Gasteiger partial charge in [0.2, 0.25) is 0 Å². The zero-order chi connectivity index (χ0) is 21.3. The maximum atomic E-state index is 13.0. The van der Waals surface area contributed by atoms with Gasteiger partial charge in [0.1, 0.15) is 11.5 Å². The molecule has 1 amide bonds. The van der Waals surface area contributed by atoms with Crippen LogP contribution in [0.1, 0.15) is 43.4 Å². The average molecular weight is 423 g/mol. The number of carbonyl (C=O) groups is 2. The van der Waals surface area contributed by atoms with Crippen LogP contribution in [0.2, 0.25) is 5.02 Å².